The summed E-state index contributed by atoms with van der Waals surface area (Å²) in [6, 6.07) is 0. The average molecular weight is 228 g/mol. The van der Waals surface area contributed by atoms with E-state index in [1.165, 1.54) is 33.0 Å². The van der Waals surface area contributed by atoms with Gasteiger partial charge in [0.25, 0.3) is 0 Å². The number of ether oxygens (including phenoxy) is 1. The first-order chi connectivity index (χ1) is 7.72. The van der Waals surface area contributed by atoms with E-state index >= 15 is 0 Å². The smallest absolute Gasteiger partial charge is 0.245 e. The van der Waals surface area contributed by atoms with Gasteiger partial charge >= 0.3 is 0 Å². The molecule has 0 aliphatic carbocycles. The van der Waals surface area contributed by atoms with Crippen molar-refractivity contribution >= 4 is 5.91 Å². The Bertz CT molecular complexity index is 201. The van der Waals surface area contributed by atoms with Crippen molar-refractivity contribution in [2.75, 3.05) is 39.9 Å². The molecule has 0 unspecified atom stereocenters. The van der Waals surface area contributed by atoms with Crippen molar-refractivity contribution < 1.29 is 9.53 Å². The first kappa shape index (κ1) is 13.5. The lowest BCUT2D eigenvalue weighted by Gasteiger charge is -2.30. The molecule has 1 aliphatic heterocycles. The number of rotatable bonds is 6. The predicted octanol–water partition coefficient (Wildman–Crippen LogP) is 0.871. The molecule has 1 amide bonds. The highest BCUT2D eigenvalue weighted by Gasteiger charge is 2.14. The highest BCUT2D eigenvalue weighted by atomic mass is 16.5. The summed E-state index contributed by atoms with van der Waals surface area (Å²) in [7, 11) is 1.54. The van der Waals surface area contributed by atoms with E-state index in [2.05, 4.69) is 17.1 Å². The van der Waals surface area contributed by atoms with Crippen LogP contribution in [0.15, 0.2) is 0 Å². The van der Waals surface area contributed by atoms with Crippen LogP contribution in [0, 0.1) is 5.92 Å². The zero-order valence-corrected chi connectivity index (χ0v) is 10.5. The van der Waals surface area contributed by atoms with Crippen molar-refractivity contribution in [3.63, 3.8) is 0 Å². The molecule has 0 aromatic rings. The molecule has 1 rings (SSSR count). The molecule has 4 heteroatoms. The molecule has 0 atom stereocenters. The van der Waals surface area contributed by atoms with Crippen molar-refractivity contribution in [2.24, 2.45) is 5.92 Å². The maximum absolute atomic E-state index is 11.1. The quantitative estimate of drug-likeness (QED) is 0.686. The van der Waals surface area contributed by atoms with Gasteiger partial charge in [-0.15, -0.1) is 0 Å². The number of likely N-dealkylation sites (tertiary alicyclic amines) is 1. The molecular weight excluding hydrogens is 204 g/mol. The number of carbonyl (C=O) groups is 1. The van der Waals surface area contributed by atoms with Crippen LogP contribution in [-0.2, 0) is 9.53 Å². The van der Waals surface area contributed by atoms with Crippen LogP contribution < -0.4 is 5.32 Å². The Morgan fingerprint density at radius 1 is 1.44 bits per heavy atom. The van der Waals surface area contributed by atoms with Crippen molar-refractivity contribution in [2.45, 2.75) is 26.2 Å². The van der Waals surface area contributed by atoms with E-state index in [9.17, 15) is 4.79 Å². The van der Waals surface area contributed by atoms with Gasteiger partial charge in [-0.1, -0.05) is 6.92 Å². The number of nitrogens with one attached hydrogen (secondary N) is 1. The van der Waals surface area contributed by atoms with Crippen molar-refractivity contribution in [3.05, 3.63) is 0 Å². The van der Waals surface area contributed by atoms with Crippen LogP contribution in [0.25, 0.3) is 0 Å². The third kappa shape index (κ3) is 5.47. The molecule has 0 aromatic carbocycles. The Morgan fingerprint density at radius 2 is 2.12 bits per heavy atom. The Balaban J connectivity index is 1.97. The largest absolute Gasteiger partial charge is 0.375 e. The molecule has 0 spiro atoms. The summed E-state index contributed by atoms with van der Waals surface area (Å²) >= 11 is 0. The molecule has 0 aromatic heterocycles. The molecule has 1 saturated heterocycles. The van der Waals surface area contributed by atoms with Crippen LogP contribution >= 0.6 is 0 Å². The van der Waals surface area contributed by atoms with Gasteiger partial charge in [-0.2, -0.15) is 0 Å². The summed E-state index contributed by atoms with van der Waals surface area (Å²) in [6.45, 7) is 6.78. The van der Waals surface area contributed by atoms with Gasteiger partial charge < -0.3 is 15.0 Å². The minimum Gasteiger partial charge on any atom is -0.375 e. The molecule has 1 heterocycles. The van der Waals surface area contributed by atoms with Gasteiger partial charge in [0.15, 0.2) is 0 Å². The van der Waals surface area contributed by atoms with Crippen LogP contribution in [0.2, 0.25) is 0 Å². The molecule has 1 fully saturated rings. The molecule has 0 saturated carbocycles. The number of hydrogen-bond acceptors (Lipinski definition) is 3. The highest BCUT2D eigenvalue weighted by molar-refractivity contribution is 5.77. The summed E-state index contributed by atoms with van der Waals surface area (Å²) in [5.41, 5.74) is 0. The number of hydrogen-bond donors (Lipinski definition) is 1. The molecule has 0 radical (unpaired) electrons. The van der Waals surface area contributed by atoms with E-state index in [1.54, 1.807) is 0 Å². The first-order valence-corrected chi connectivity index (χ1v) is 6.20. The summed E-state index contributed by atoms with van der Waals surface area (Å²) in [5, 5.41) is 2.84. The lowest BCUT2D eigenvalue weighted by atomic mass is 9.99. The Hall–Kier alpha value is -0.610. The average Bonchev–Trinajstić information content (AvgIpc) is 2.27. The third-order valence-electron chi connectivity index (χ3n) is 3.12. The Morgan fingerprint density at radius 3 is 2.75 bits per heavy atom. The number of nitrogens with zero attached hydrogens (tertiary/aromatic N) is 1. The molecule has 1 N–H and O–H groups in total. The maximum atomic E-state index is 11.1. The van der Waals surface area contributed by atoms with E-state index in [1.807, 2.05) is 0 Å². The first-order valence-electron chi connectivity index (χ1n) is 6.20. The molecule has 4 nitrogen and oxygen atoms in total. The number of piperidine rings is 1. The Kier molecular flexibility index (Phi) is 6.42. The fourth-order valence-electron chi connectivity index (χ4n) is 2.00. The van der Waals surface area contributed by atoms with E-state index in [0.717, 1.165) is 25.4 Å². The summed E-state index contributed by atoms with van der Waals surface area (Å²) in [6.07, 6.45) is 3.66. The maximum Gasteiger partial charge on any atom is 0.245 e. The third-order valence-corrected chi connectivity index (χ3v) is 3.12. The minimum absolute atomic E-state index is 0.0187. The molecular formula is C12H24N2O2. The second-order valence-corrected chi connectivity index (χ2v) is 4.66. The standard InChI is InChI=1S/C12H24N2O2/c1-11-4-8-14(9-5-11)7-3-6-13-12(15)10-16-2/h11H,3-10H2,1-2H3,(H,13,15). The molecule has 16 heavy (non-hydrogen) atoms. The van der Waals surface area contributed by atoms with Crippen molar-refractivity contribution in [1.82, 2.24) is 10.2 Å². The summed E-state index contributed by atoms with van der Waals surface area (Å²) in [4.78, 5) is 13.6. The summed E-state index contributed by atoms with van der Waals surface area (Å²) in [5.74, 6) is 0.868. The predicted molar refractivity (Wildman–Crippen MR) is 64.3 cm³/mol. The lowest BCUT2D eigenvalue weighted by Crippen LogP contribution is -2.36. The second-order valence-electron chi connectivity index (χ2n) is 4.66. The number of methoxy groups -OCH3 is 1. The van der Waals surface area contributed by atoms with Crippen molar-refractivity contribution in [1.29, 1.82) is 0 Å². The van der Waals surface area contributed by atoms with Crippen LogP contribution in [0.1, 0.15) is 26.2 Å². The normalized spacial score (nSPS) is 18.6. The van der Waals surface area contributed by atoms with Crippen molar-refractivity contribution in [3.8, 4) is 0 Å². The topological polar surface area (TPSA) is 41.6 Å². The van der Waals surface area contributed by atoms with Gasteiger partial charge in [0.05, 0.1) is 0 Å². The second kappa shape index (κ2) is 7.63. The van der Waals surface area contributed by atoms with Gasteiger partial charge in [0, 0.05) is 13.7 Å². The molecule has 0 bridgehead atoms. The van der Waals surface area contributed by atoms with E-state index in [4.69, 9.17) is 4.74 Å². The van der Waals surface area contributed by atoms with Crippen LogP contribution in [0.5, 0.6) is 0 Å². The van der Waals surface area contributed by atoms with Gasteiger partial charge in [0.1, 0.15) is 6.61 Å². The van der Waals surface area contributed by atoms with Gasteiger partial charge in [-0.3, -0.25) is 4.79 Å². The number of amides is 1. The van der Waals surface area contributed by atoms with E-state index in [0.29, 0.717) is 0 Å². The number of carbonyl (C=O) groups excluding carboxylic acids is 1. The van der Waals surface area contributed by atoms with Gasteiger partial charge in [-0.25, -0.2) is 0 Å². The monoisotopic (exact) mass is 228 g/mol. The SMILES string of the molecule is COCC(=O)NCCCN1CCC(C)CC1. The zero-order chi connectivity index (χ0) is 11.8. The van der Waals surface area contributed by atoms with E-state index in [-0.39, 0.29) is 12.5 Å². The highest BCUT2D eigenvalue weighted by Crippen LogP contribution is 2.15. The fraction of sp³-hybridized carbons (Fsp3) is 0.917. The molecule has 1 aliphatic rings. The zero-order valence-electron chi connectivity index (χ0n) is 10.5. The summed E-state index contributed by atoms with van der Waals surface area (Å²) < 4.78 is 4.74. The van der Waals surface area contributed by atoms with Gasteiger partial charge in [0.2, 0.25) is 5.91 Å². The van der Waals surface area contributed by atoms with E-state index < -0.39 is 0 Å². The fourth-order valence-corrected chi connectivity index (χ4v) is 2.00. The van der Waals surface area contributed by atoms with Crippen LogP contribution in [0.4, 0.5) is 0 Å². The lowest BCUT2D eigenvalue weighted by molar-refractivity contribution is -0.124. The van der Waals surface area contributed by atoms with Gasteiger partial charge in [-0.05, 0) is 44.8 Å². The Labute approximate surface area is 98.3 Å². The minimum atomic E-state index is -0.0187. The van der Waals surface area contributed by atoms with Crippen LogP contribution in [-0.4, -0.2) is 50.7 Å². The molecule has 94 valence electrons. The van der Waals surface area contributed by atoms with Crippen LogP contribution in [0.3, 0.4) is 0 Å².